The summed E-state index contributed by atoms with van der Waals surface area (Å²) in [5.74, 6) is 1.28. The summed E-state index contributed by atoms with van der Waals surface area (Å²) in [4.78, 5) is 4.12. The Morgan fingerprint density at radius 2 is 2.47 bits per heavy atom. The van der Waals surface area contributed by atoms with Crippen LogP contribution in [0.15, 0.2) is 29.4 Å². The zero-order valence-corrected chi connectivity index (χ0v) is 9.50. The van der Waals surface area contributed by atoms with Gasteiger partial charge in [0.25, 0.3) is 0 Å². The number of piperidine rings is 1. The summed E-state index contributed by atoms with van der Waals surface area (Å²) in [5, 5.41) is 4.05. The van der Waals surface area contributed by atoms with Crippen LogP contribution in [0, 0.1) is 5.92 Å². The van der Waals surface area contributed by atoms with Crippen LogP contribution in [-0.2, 0) is 10.8 Å². The van der Waals surface area contributed by atoms with E-state index in [4.69, 9.17) is 0 Å². The molecule has 0 amide bonds. The maximum atomic E-state index is 11.9. The fourth-order valence-electron chi connectivity index (χ4n) is 1.85. The molecule has 1 fully saturated rings. The highest BCUT2D eigenvalue weighted by atomic mass is 32.2. The van der Waals surface area contributed by atoms with Gasteiger partial charge in [-0.3, -0.25) is 4.21 Å². The lowest BCUT2D eigenvalue weighted by molar-refractivity contribution is 0.408. The van der Waals surface area contributed by atoms with Crippen molar-refractivity contribution in [1.29, 1.82) is 0 Å². The van der Waals surface area contributed by atoms with Crippen LogP contribution in [0.3, 0.4) is 0 Å². The lowest BCUT2D eigenvalue weighted by atomic mass is 10.0. The number of hydrogen-bond donors (Lipinski definition) is 1. The SMILES string of the molecule is O=[S@@](C[C@@H]1CCCNC1)c1ccccn1. The molecule has 0 bridgehead atoms. The van der Waals surface area contributed by atoms with Crippen LogP contribution >= 0.6 is 0 Å². The quantitative estimate of drug-likeness (QED) is 0.838. The fraction of sp³-hybridized carbons (Fsp3) is 0.545. The molecule has 1 aliphatic heterocycles. The molecule has 0 aromatic carbocycles. The molecule has 1 saturated heterocycles. The molecule has 2 rings (SSSR count). The smallest absolute Gasteiger partial charge is 0.127 e. The molecular weight excluding hydrogens is 208 g/mol. The second kappa shape index (κ2) is 5.37. The average molecular weight is 224 g/mol. The van der Waals surface area contributed by atoms with Gasteiger partial charge < -0.3 is 5.32 Å². The van der Waals surface area contributed by atoms with Gasteiger partial charge in [0.15, 0.2) is 0 Å². The van der Waals surface area contributed by atoms with E-state index < -0.39 is 10.8 Å². The molecular formula is C11H16N2OS. The van der Waals surface area contributed by atoms with Gasteiger partial charge in [0.2, 0.25) is 0 Å². The first-order valence-electron chi connectivity index (χ1n) is 5.36. The highest BCUT2D eigenvalue weighted by molar-refractivity contribution is 7.84. The molecule has 0 spiro atoms. The van der Waals surface area contributed by atoms with Gasteiger partial charge in [0, 0.05) is 11.9 Å². The number of pyridine rings is 1. The average Bonchev–Trinajstić information content (AvgIpc) is 2.31. The van der Waals surface area contributed by atoms with Gasteiger partial charge in [-0.15, -0.1) is 0 Å². The molecule has 2 heterocycles. The molecule has 2 atom stereocenters. The first-order valence-corrected chi connectivity index (χ1v) is 6.68. The molecule has 0 unspecified atom stereocenters. The third-order valence-corrected chi connectivity index (χ3v) is 4.14. The monoisotopic (exact) mass is 224 g/mol. The van der Waals surface area contributed by atoms with Crippen molar-refractivity contribution in [1.82, 2.24) is 10.3 Å². The minimum absolute atomic E-state index is 0.543. The van der Waals surface area contributed by atoms with Crippen molar-refractivity contribution < 1.29 is 4.21 Å². The first kappa shape index (κ1) is 10.8. The van der Waals surface area contributed by atoms with E-state index in [0.717, 1.165) is 18.8 Å². The molecule has 1 N–H and O–H groups in total. The maximum Gasteiger partial charge on any atom is 0.127 e. The van der Waals surface area contributed by atoms with Crippen LogP contribution in [0.2, 0.25) is 0 Å². The minimum Gasteiger partial charge on any atom is -0.316 e. The first-order chi connectivity index (χ1) is 7.36. The van der Waals surface area contributed by atoms with Crippen molar-refractivity contribution in [3.8, 4) is 0 Å². The summed E-state index contributed by atoms with van der Waals surface area (Å²) in [5.41, 5.74) is 0. The molecule has 0 aliphatic carbocycles. The fourth-order valence-corrected chi connectivity index (χ4v) is 3.14. The highest BCUT2D eigenvalue weighted by Crippen LogP contribution is 2.14. The zero-order chi connectivity index (χ0) is 10.5. The van der Waals surface area contributed by atoms with Crippen LogP contribution in [0.5, 0.6) is 0 Å². The Balaban J connectivity index is 1.91. The molecule has 1 aromatic rings. The summed E-state index contributed by atoms with van der Waals surface area (Å²) >= 11 is 0. The van der Waals surface area contributed by atoms with E-state index >= 15 is 0 Å². The summed E-state index contributed by atoms with van der Waals surface area (Å²) in [6.07, 6.45) is 4.09. The maximum absolute atomic E-state index is 11.9. The molecule has 0 radical (unpaired) electrons. The van der Waals surface area contributed by atoms with E-state index in [1.807, 2.05) is 18.2 Å². The van der Waals surface area contributed by atoms with Crippen molar-refractivity contribution >= 4 is 10.8 Å². The van der Waals surface area contributed by atoms with Crippen LogP contribution in [0.25, 0.3) is 0 Å². The Labute approximate surface area is 92.8 Å². The van der Waals surface area contributed by atoms with E-state index in [1.54, 1.807) is 6.20 Å². The third kappa shape index (κ3) is 3.11. The Hall–Kier alpha value is -0.740. The van der Waals surface area contributed by atoms with Crippen LogP contribution in [0.1, 0.15) is 12.8 Å². The Bertz CT molecular complexity index is 323. The zero-order valence-electron chi connectivity index (χ0n) is 8.69. The van der Waals surface area contributed by atoms with Gasteiger partial charge in [-0.2, -0.15) is 0 Å². The molecule has 3 nitrogen and oxygen atoms in total. The normalized spacial score (nSPS) is 23.6. The van der Waals surface area contributed by atoms with Crippen molar-refractivity contribution in [3.05, 3.63) is 24.4 Å². The summed E-state index contributed by atoms with van der Waals surface area (Å²) in [7, 11) is -0.932. The van der Waals surface area contributed by atoms with Gasteiger partial charge in [0.05, 0.1) is 10.8 Å². The van der Waals surface area contributed by atoms with Crippen molar-refractivity contribution in [2.24, 2.45) is 5.92 Å². The van der Waals surface area contributed by atoms with E-state index in [2.05, 4.69) is 10.3 Å². The van der Waals surface area contributed by atoms with Crippen molar-refractivity contribution in [2.75, 3.05) is 18.8 Å². The third-order valence-electron chi connectivity index (χ3n) is 2.66. The summed E-state index contributed by atoms with van der Waals surface area (Å²) in [6.45, 7) is 2.10. The second-order valence-corrected chi connectivity index (χ2v) is 5.34. The van der Waals surface area contributed by atoms with E-state index in [9.17, 15) is 4.21 Å². The summed E-state index contributed by atoms with van der Waals surface area (Å²) < 4.78 is 11.9. The lowest BCUT2D eigenvalue weighted by Gasteiger charge is -2.21. The van der Waals surface area contributed by atoms with Crippen LogP contribution in [-0.4, -0.2) is 28.0 Å². The minimum atomic E-state index is -0.932. The molecule has 1 aliphatic rings. The van der Waals surface area contributed by atoms with Gasteiger partial charge in [-0.25, -0.2) is 4.98 Å². The topological polar surface area (TPSA) is 42.0 Å². The largest absolute Gasteiger partial charge is 0.316 e. The van der Waals surface area contributed by atoms with Gasteiger partial charge >= 0.3 is 0 Å². The molecule has 82 valence electrons. The summed E-state index contributed by atoms with van der Waals surface area (Å²) in [6, 6.07) is 5.58. The standard InChI is InChI=1S/C11H16N2OS/c14-15(11-5-1-2-7-13-11)9-10-4-3-6-12-8-10/h1-2,5,7,10,12H,3-4,6,8-9H2/t10-,15+/m1/s1. The number of hydrogen-bond acceptors (Lipinski definition) is 3. The number of nitrogens with one attached hydrogen (secondary N) is 1. The van der Waals surface area contributed by atoms with E-state index in [1.165, 1.54) is 12.8 Å². The predicted octanol–water partition coefficient (Wildman–Crippen LogP) is 1.19. The van der Waals surface area contributed by atoms with Crippen LogP contribution < -0.4 is 5.32 Å². The molecule has 0 saturated carbocycles. The number of rotatable bonds is 3. The highest BCUT2D eigenvalue weighted by Gasteiger charge is 2.17. The Kier molecular flexibility index (Phi) is 3.86. The molecule has 15 heavy (non-hydrogen) atoms. The van der Waals surface area contributed by atoms with Crippen LogP contribution in [0.4, 0.5) is 0 Å². The number of aromatic nitrogens is 1. The molecule has 1 aromatic heterocycles. The second-order valence-electron chi connectivity index (χ2n) is 3.89. The lowest BCUT2D eigenvalue weighted by Crippen LogP contribution is -2.32. The van der Waals surface area contributed by atoms with Gasteiger partial charge in [-0.05, 0) is 44.0 Å². The Morgan fingerprint density at radius 1 is 1.53 bits per heavy atom. The van der Waals surface area contributed by atoms with Crippen molar-refractivity contribution in [3.63, 3.8) is 0 Å². The Morgan fingerprint density at radius 3 is 3.13 bits per heavy atom. The van der Waals surface area contributed by atoms with E-state index in [-0.39, 0.29) is 0 Å². The predicted molar refractivity (Wildman–Crippen MR) is 61.1 cm³/mol. The van der Waals surface area contributed by atoms with Gasteiger partial charge in [0.1, 0.15) is 5.03 Å². The molecule has 4 heteroatoms. The number of nitrogens with zero attached hydrogens (tertiary/aromatic N) is 1. The van der Waals surface area contributed by atoms with Gasteiger partial charge in [-0.1, -0.05) is 6.07 Å². The van der Waals surface area contributed by atoms with Crippen molar-refractivity contribution in [2.45, 2.75) is 17.9 Å². The van der Waals surface area contributed by atoms with E-state index in [0.29, 0.717) is 10.9 Å².